The fraction of sp³-hybridized carbons (Fsp3) is 0.462. The van der Waals surface area contributed by atoms with Gasteiger partial charge in [-0.3, -0.25) is 4.79 Å². The van der Waals surface area contributed by atoms with Crippen molar-refractivity contribution in [3.8, 4) is 0 Å². The van der Waals surface area contributed by atoms with E-state index in [1.807, 2.05) is 25.1 Å². The molecule has 0 radical (unpaired) electrons. The number of hydrogen-bond donors (Lipinski definition) is 1. The Balaban J connectivity index is 3.00. The summed E-state index contributed by atoms with van der Waals surface area (Å²) in [4.78, 5) is 14.1. The van der Waals surface area contributed by atoms with Crippen LogP contribution in [0.3, 0.4) is 0 Å². The summed E-state index contributed by atoms with van der Waals surface area (Å²) in [6, 6.07) is 5.65. The summed E-state index contributed by atoms with van der Waals surface area (Å²) in [7, 11) is 0. The van der Waals surface area contributed by atoms with Gasteiger partial charge in [0.1, 0.15) is 0 Å². The van der Waals surface area contributed by atoms with E-state index in [4.69, 9.17) is 0 Å². The van der Waals surface area contributed by atoms with Gasteiger partial charge in [0.15, 0.2) is 0 Å². The number of aliphatic hydroxyl groups is 1. The van der Waals surface area contributed by atoms with E-state index in [0.717, 1.165) is 8.04 Å². The molecule has 1 N–H and O–H groups in total. The fourth-order valence-corrected chi connectivity index (χ4v) is 2.53. The Morgan fingerprint density at radius 1 is 1.50 bits per heavy atom. The van der Waals surface area contributed by atoms with Crippen LogP contribution in [0.5, 0.6) is 0 Å². The molecule has 0 aliphatic carbocycles. The van der Waals surface area contributed by atoms with Gasteiger partial charge in [-0.25, -0.2) is 0 Å². The number of carbonyl (C=O) groups excluding carboxylic acids is 1. The van der Waals surface area contributed by atoms with Gasteiger partial charge in [-0.1, -0.05) is 0 Å². The third-order valence-corrected chi connectivity index (χ3v) is 3.77. The average Bonchev–Trinajstić information content (AvgIpc) is 2.27. The third kappa shape index (κ3) is 4.51. The minimum atomic E-state index is -0.889. The van der Waals surface area contributed by atoms with Gasteiger partial charge in [0.05, 0.1) is 11.2 Å². The highest BCUT2D eigenvalue weighted by Gasteiger charge is 2.23. The van der Waals surface area contributed by atoms with Crippen LogP contribution >= 0.6 is 38.5 Å². The van der Waals surface area contributed by atoms with E-state index < -0.39 is 5.60 Å². The molecule has 0 atom stereocenters. The van der Waals surface area contributed by atoms with Crippen molar-refractivity contribution in [1.29, 1.82) is 0 Å². The highest BCUT2D eigenvalue weighted by Crippen LogP contribution is 2.21. The van der Waals surface area contributed by atoms with Crippen molar-refractivity contribution in [3.63, 3.8) is 0 Å². The maximum atomic E-state index is 12.4. The van der Waals surface area contributed by atoms with E-state index in [0.29, 0.717) is 18.7 Å². The average molecular weight is 426 g/mol. The fourth-order valence-electron chi connectivity index (χ4n) is 1.63. The molecule has 18 heavy (non-hydrogen) atoms. The Kier molecular flexibility index (Phi) is 5.61. The normalized spacial score (nSPS) is 11.4. The van der Waals surface area contributed by atoms with Crippen LogP contribution in [0.15, 0.2) is 22.7 Å². The van der Waals surface area contributed by atoms with Crippen LogP contribution in [-0.4, -0.2) is 34.6 Å². The summed E-state index contributed by atoms with van der Waals surface area (Å²) >= 11 is 5.57. The topological polar surface area (TPSA) is 40.5 Å². The quantitative estimate of drug-likeness (QED) is 0.752. The molecule has 0 aliphatic rings. The van der Waals surface area contributed by atoms with E-state index in [-0.39, 0.29) is 5.91 Å². The molecular weight excluding hydrogens is 409 g/mol. The van der Waals surface area contributed by atoms with Crippen molar-refractivity contribution in [2.45, 2.75) is 26.4 Å². The maximum absolute atomic E-state index is 12.4. The van der Waals surface area contributed by atoms with Crippen molar-refractivity contribution >= 4 is 44.4 Å². The first-order valence-corrected chi connectivity index (χ1v) is 7.58. The number of amides is 1. The molecule has 0 fully saturated rings. The van der Waals surface area contributed by atoms with Crippen molar-refractivity contribution in [3.05, 3.63) is 31.8 Å². The Bertz CT molecular complexity index is 443. The lowest BCUT2D eigenvalue weighted by atomic mass is 10.1. The lowest BCUT2D eigenvalue weighted by Crippen LogP contribution is -2.42. The molecule has 3 nitrogen and oxygen atoms in total. The standard InChI is InChI=1S/C13H17BrINO2/c1-4-16(8-13(2,3)18)12(17)10-7-9(15)5-6-11(10)14/h5-7,18H,4,8H2,1-3H3. The van der Waals surface area contributed by atoms with Crippen LogP contribution < -0.4 is 0 Å². The van der Waals surface area contributed by atoms with E-state index in [1.165, 1.54) is 0 Å². The minimum absolute atomic E-state index is 0.0648. The molecule has 0 heterocycles. The highest BCUT2D eigenvalue weighted by molar-refractivity contribution is 14.1. The lowest BCUT2D eigenvalue weighted by molar-refractivity contribution is 0.0314. The number of hydrogen-bond acceptors (Lipinski definition) is 2. The van der Waals surface area contributed by atoms with Crippen molar-refractivity contribution in [1.82, 2.24) is 4.90 Å². The number of nitrogens with zero attached hydrogens (tertiary/aromatic N) is 1. The largest absolute Gasteiger partial charge is 0.389 e. The summed E-state index contributed by atoms with van der Waals surface area (Å²) in [5, 5.41) is 9.83. The number of benzene rings is 1. The number of rotatable bonds is 4. The first-order valence-electron chi connectivity index (χ1n) is 5.71. The van der Waals surface area contributed by atoms with Gasteiger partial charge in [0.25, 0.3) is 5.91 Å². The van der Waals surface area contributed by atoms with Crippen LogP contribution in [0.25, 0.3) is 0 Å². The molecule has 1 rings (SSSR count). The zero-order chi connectivity index (χ0) is 13.9. The molecule has 0 saturated heterocycles. The zero-order valence-electron chi connectivity index (χ0n) is 10.7. The van der Waals surface area contributed by atoms with Gasteiger partial charge in [-0.15, -0.1) is 0 Å². The Morgan fingerprint density at radius 2 is 2.11 bits per heavy atom. The van der Waals surface area contributed by atoms with E-state index >= 15 is 0 Å². The number of carbonyl (C=O) groups is 1. The Morgan fingerprint density at radius 3 is 2.61 bits per heavy atom. The summed E-state index contributed by atoms with van der Waals surface area (Å²) in [5.41, 5.74) is -0.256. The van der Waals surface area contributed by atoms with Crippen molar-refractivity contribution < 1.29 is 9.90 Å². The van der Waals surface area contributed by atoms with Crippen molar-refractivity contribution in [2.75, 3.05) is 13.1 Å². The molecular formula is C13H17BrINO2. The van der Waals surface area contributed by atoms with E-state index in [9.17, 15) is 9.90 Å². The maximum Gasteiger partial charge on any atom is 0.255 e. The second-order valence-corrected chi connectivity index (χ2v) is 6.86. The molecule has 1 aromatic rings. The predicted molar refractivity (Wildman–Crippen MR) is 84.7 cm³/mol. The van der Waals surface area contributed by atoms with Crippen LogP contribution in [-0.2, 0) is 0 Å². The summed E-state index contributed by atoms with van der Waals surface area (Å²) in [6.07, 6.45) is 0. The summed E-state index contributed by atoms with van der Waals surface area (Å²) in [5.74, 6) is -0.0648. The monoisotopic (exact) mass is 425 g/mol. The Hall–Kier alpha value is -0.140. The molecule has 0 bridgehead atoms. The van der Waals surface area contributed by atoms with Gasteiger partial charge >= 0.3 is 0 Å². The summed E-state index contributed by atoms with van der Waals surface area (Å²) in [6.45, 7) is 6.20. The van der Waals surface area contributed by atoms with E-state index in [2.05, 4.69) is 38.5 Å². The van der Waals surface area contributed by atoms with Crippen LogP contribution in [0, 0.1) is 3.57 Å². The van der Waals surface area contributed by atoms with Crippen molar-refractivity contribution in [2.24, 2.45) is 0 Å². The third-order valence-electron chi connectivity index (χ3n) is 2.41. The van der Waals surface area contributed by atoms with Gasteiger partial charge < -0.3 is 10.0 Å². The van der Waals surface area contributed by atoms with Gasteiger partial charge in [0, 0.05) is 21.1 Å². The van der Waals surface area contributed by atoms with Crippen LogP contribution in [0.1, 0.15) is 31.1 Å². The molecule has 0 unspecified atom stereocenters. The molecule has 0 spiro atoms. The first-order chi connectivity index (χ1) is 8.24. The van der Waals surface area contributed by atoms with Crippen LogP contribution in [0.2, 0.25) is 0 Å². The molecule has 1 aromatic carbocycles. The van der Waals surface area contributed by atoms with Gasteiger partial charge in [-0.2, -0.15) is 0 Å². The number of likely N-dealkylation sites (N-methyl/N-ethyl adjacent to an activating group) is 1. The molecule has 1 amide bonds. The molecule has 0 saturated carbocycles. The smallest absolute Gasteiger partial charge is 0.255 e. The molecule has 0 aliphatic heterocycles. The SMILES string of the molecule is CCN(CC(C)(C)O)C(=O)c1cc(I)ccc1Br. The minimum Gasteiger partial charge on any atom is -0.389 e. The summed E-state index contributed by atoms with van der Waals surface area (Å²) < 4.78 is 1.79. The molecule has 0 aromatic heterocycles. The highest BCUT2D eigenvalue weighted by atomic mass is 127. The number of halogens is 2. The lowest BCUT2D eigenvalue weighted by Gasteiger charge is -2.28. The second kappa shape index (κ2) is 6.34. The predicted octanol–water partition coefficient (Wildman–Crippen LogP) is 3.29. The Labute approximate surface area is 130 Å². The zero-order valence-corrected chi connectivity index (χ0v) is 14.4. The first kappa shape index (κ1) is 15.9. The van der Waals surface area contributed by atoms with Gasteiger partial charge in [0.2, 0.25) is 0 Å². The van der Waals surface area contributed by atoms with Gasteiger partial charge in [-0.05, 0) is 77.5 Å². The van der Waals surface area contributed by atoms with E-state index in [1.54, 1.807) is 18.7 Å². The molecule has 5 heteroatoms. The van der Waals surface area contributed by atoms with Crippen LogP contribution in [0.4, 0.5) is 0 Å². The molecule has 100 valence electrons. The second-order valence-electron chi connectivity index (χ2n) is 4.76.